The van der Waals surface area contributed by atoms with Crippen LogP contribution in [0, 0.1) is 6.33 Å². The predicted molar refractivity (Wildman–Crippen MR) is 27.1 cm³/mol. The van der Waals surface area contributed by atoms with Crippen molar-refractivity contribution in [1.82, 2.24) is 9.55 Å². The minimum absolute atomic E-state index is 0.847. The molecule has 2 nitrogen and oxygen atoms in total. The largest absolute Gasteiger partial charge is 0.406 e. The van der Waals surface area contributed by atoms with Gasteiger partial charge in [0.15, 0.2) is 6.33 Å². The maximum absolute atomic E-state index is 11.6. The Bertz CT molecular complexity index is 189. The van der Waals surface area contributed by atoms with Crippen LogP contribution in [0.4, 0.5) is 13.2 Å². The molecule has 0 saturated heterocycles. The number of nitrogens with zero attached hydrogens (tertiary/aromatic N) is 2. The van der Waals surface area contributed by atoms with Crippen LogP contribution in [0.2, 0.25) is 0 Å². The fourth-order valence-electron chi connectivity index (χ4n) is 0.536. The molecule has 0 atom stereocenters. The van der Waals surface area contributed by atoms with Gasteiger partial charge in [-0.15, -0.1) is 0 Å². The summed E-state index contributed by atoms with van der Waals surface area (Å²) < 4.78 is 35.5. The number of hydrogen-bond donors (Lipinski definition) is 0. The number of rotatable bonds is 1. The Hall–Kier alpha value is -1.00. The van der Waals surface area contributed by atoms with Gasteiger partial charge in [-0.2, -0.15) is 13.2 Å². The van der Waals surface area contributed by atoms with Gasteiger partial charge in [0.05, 0.1) is 0 Å². The quantitative estimate of drug-likeness (QED) is 0.587. The highest BCUT2D eigenvalue weighted by atomic mass is 19.4. The van der Waals surface area contributed by atoms with E-state index in [0.29, 0.717) is 0 Å². The van der Waals surface area contributed by atoms with E-state index in [2.05, 4.69) is 11.3 Å². The van der Waals surface area contributed by atoms with Crippen LogP contribution in [0.25, 0.3) is 0 Å². The van der Waals surface area contributed by atoms with Crippen molar-refractivity contribution in [2.45, 2.75) is 12.7 Å². The van der Waals surface area contributed by atoms with E-state index in [9.17, 15) is 13.2 Å². The third kappa shape index (κ3) is 2.08. The third-order valence-electron chi connectivity index (χ3n) is 0.857. The van der Waals surface area contributed by atoms with E-state index < -0.39 is 12.7 Å². The van der Waals surface area contributed by atoms with Crippen LogP contribution in [-0.2, 0) is 6.54 Å². The lowest BCUT2D eigenvalue weighted by Crippen LogP contribution is -2.16. The van der Waals surface area contributed by atoms with E-state index in [-0.39, 0.29) is 0 Å². The van der Waals surface area contributed by atoms with Crippen molar-refractivity contribution in [3.63, 3.8) is 0 Å². The Morgan fingerprint density at radius 3 is 2.60 bits per heavy atom. The fraction of sp³-hybridized carbons (Fsp3) is 0.400. The first kappa shape index (κ1) is 7.11. The zero-order valence-corrected chi connectivity index (χ0v) is 4.89. The van der Waals surface area contributed by atoms with Crippen LogP contribution in [0.3, 0.4) is 0 Å². The zero-order chi connectivity index (χ0) is 7.61. The summed E-state index contributed by atoms with van der Waals surface area (Å²) >= 11 is 0. The van der Waals surface area contributed by atoms with E-state index in [4.69, 9.17) is 0 Å². The molecule has 0 fully saturated rings. The van der Waals surface area contributed by atoms with Crippen molar-refractivity contribution in [2.24, 2.45) is 0 Å². The second kappa shape index (κ2) is 2.32. The van der Waals surface area contributed by atoms with Crippen molar-refractivity contribution in [2.75, 3.05) is 0 Å². The van der Waals surface area contributed by atoms with Crippen molar-refractivity contribution in [3.05, 3.63) is 18.7 Å². The Morgan fingerprint density at radius 2 is 2.20 bits per heavy atom. The van der Waals surface area contributed by atoms with E-state index in [1.54, 1.807) is 0 Å². The Morgan fingerprint density at radius 1 is 1.50 bits per heavy atom. The monoisotopic (exact) mass is 149 g/mol. The number of alkyl halides is 3. The smallest absolute Gasteiger partial charge is 0.319 e. The first-order chi connectivity index (χ1) is 4.58. The molecule has 1 heterocycles. The standard InChI is InChI=1S/C5H4F3N2/c6-5(7,8)3-10-2-1-9-4-10/h1-2H,3H2. The molecule has 0 unspecified atom stereocenters. The predicted octanol–water partition coefficient (Wildman–Crippen LogP) is 1.25. The van der Waals surface area contributed by atoms with Gasteiger partial charge in [-0.05, 0) is 0 Å². The molecular formula is C5H4F3N2. The summed E-state index contributed by atoms with van der Waals surface area (Å²) in [5.41, 5.74) is 0. The van der Waals surface area contributed by atoms with Crippen LogP contribution in [0.5, 0.6) is 0 Å². The van der Waals surface area contributed by atoms with Gasteiger partial charge in [0.2, 0.25) is 0 Å². The van der Waals surface area contributed by atoms with Crippen molar-refractivity contribution >= 4 is 0 Å². The molecule has 1 radical (unpaired) electrons. The summed E-state index contributed by atoms with van der Waals surface area (Å²) in [6.07, 6.45) is 0.428. The number of hydrogen-bond acceptors (Lipinski definition) is 1. The molecule has 0 aliphatic rings. The molecule has 0 bridgehead atoms. The molecular weight excluding hydrogens is 145 g/mol. The normalized spacial score (nSPS) is 11.9. The zero-order valence-electron chi connectivity index (χ0n) is 4.89. The molecule has 10 heavy (non-hydrogen) atoms. The maximum Gasteiger partial charge on any atom is 0.406 e. The van der Waals surface area contributed by atoms with Crippen LogP contribution in [0.15, 0.2) is 12.4 Å². The summed E-state index contributed by atoms with van der Waals surface area (Å²) in [5, 5.41) is 0. The second-order valence-electron chi connectivity index (χ2n) is 1.77. The molecule has 0 aliphatic heterocycles. The van der Waals surface area contributed by atoms with Gasteiger partial charge in [-0.3, -0.25) is 0 Å². The molecule has 0 N–H and O–H groups in total. The highest BCUT2D eigenvalue weighted by Crippen LogP contribution is 2.16. The van der Waals surface area contributed by atoms with Gasteiger partial charge in [-0.1, -0.05) is 0 Å². The summed E-state index contributed by atoms with van der Waals surface area (Å²) in [4.78, 5) is 3.34. The molecule has 55 valence electrons. The van der Waals surface area contributed by atoms with Crippen molar-refractivity contribution in [1.29, 1.82) is 0 Å². The average molecular weight is 149 g/mol. The number of aromatic nitrogens is 2. The van der Waals surface area contributed by atoms with Crippen molar-refractivity contribution in [3.8, 4) is 0 Å². The van der Waals surface area contributed by atoms with E-state index >= 15 is 0 Å². The van der Waals surface area contributed by atoms with E-state index in [1.165, 1.54) is 12.4 Å². The molecule has 1 rings (SSSR count). The van der Waals surface area contributed by atoms with Crippen LogP contribution in [0.1, 0.15) is 0 Å². The highest BCUT2D eigenvalue weighted by molar-refractivity contribution is 4.73. The molecule has 1 aromatic heterocycles. The van der Waals surface area contributed by atoms with Gasteiger partial charge < -0.3 is 4.57 Å². The molecule has 0 aliphatic carbocycles. The second-order valence-corrected chi connectivity index (χ2v) is 1.77. The lowest BCUT2D eigenvalue weighted by atomic mass is 10.6. The Kier molecular flexibility index (Phi) is 1.65. The summed E-state index contributed by atoms with van der Waals surface area (Å²) in [5.74, 6) is 0. The fourth-order valence-corrected chi connectivity index (χ4v) is 0.536. The summed E-state index contributed by atoms with van der Waals surface area (Å²) in [7, 11) is 0. The van der Waals surface area contributed by atoms with Crippen molar-refractivity contribution < 1.29 is 13.2 Å². The van der Waals surface area contributed by atoms with Crippen LogP contribution >= 0.6 is 0 Å². The number of imidazole rings is 1. The first-order valence-electron chi connectivity index (χ1n) is 2.53. The minimum atomic E-state index is -4.18. The van der Waals surface area contributed by atoms with Gasteiger partial charge >= 0.3 is 6.18 Å². The van der Waals surface area contributed by atoms with Crippen LogP contribution < -0.4 is 0 Å². The van der Waals surface area contributed by atoms with Gasteiger partial charge in [-0.25, -0.2) is 4.98 Å². The summed E-state index contributed by atoms with van der Waals surface area (Å²) in [6, 6.07) is 0. The van der Waals surface area contributed by atoms with Gasteiger partial charge in [0, 0.05) is 12.4 Å². The minimum Gasteiger partial charge on any atom is -0.319 e. The number of halogens is 3. The average Bonchev–Trinajstić information content (AvgIpc) is 2.12. The Labute approximate surface area is 55.3 Å². The molecule has 0 spiro atoms. The molecule has 0 amide bonds. The Balaban J connectivity index is 2.57. The summed E-state index contributed by atoms with van der Waals surface area (Å²) in [6.45, 7) is -1.02. The topological polar surface area (TPSA) is 17.8 Å². The SMILES string of the molecule is FC(F)(F)Cn1[c]ncc1. The van der Waals surface area contributed by atoms with Crippen LogP contribution in [-0.4, -0.2) is 15.7 Å². The maximum atomic E-state index is 11.6. The van der Waals surface area contributed by atoms with E-state index in [1.807, 2.05) is 0 Å². The third-order valence-corrected chi connectivity index (χ3v) is 0.857. The molecule has 0 saturated carbocycles. The van der Waals surface area contributed by atoms with E-state index in [0.717, 1.165) is 4.57 Å². The highest BCUT2D eigenvalue weighted by Gasteiger charge is 2.27. The molecule has 5 heteroatoms. The molecule has 1 aromatic rings. The lowest BCUT2D eigenvalue weighted by molar-refractivity contribution is -0.140. The molecule has 0 aromatic carbocycles. The lowest BCUT2D eigenvalue weighted by Gasteiger charge is -2.04. The van der Waals surface area contributed by atoms with Gasteiger partial charge in [0.1, 0.15) is 6.54 Å². The first-order valence-corrected chi connectivity index (χ1v) is 2.53. The van der Waals surface area contributed by atoms with Gasteiger partial charge in [0.25, 0.3) is 0 Å².